The summed E-state index contributed by atoms with van der Waals surface area (Å²) in [5.41, 5.74) is 2.33. The van der Waals surface area contributed by atoms with Crippen LogP contribution in [0.5, 0.6) is 5.75 Å². The summed E-state index contributed by atoms with van der Waals surface area (Å²) in [6, 6.07) is 26.2. The quantitative estimate of drug-likeness (QED) is 0.337. The number of allylic oxidation sites excluding steroid dienone is 4. The summed E-state index contributed by atoms with van der Waals surface area (Å²) < 4.78 is 5.63. The van der Waals surface area contributed by atoms with Crippen molar-refractivity contribution in [2.45, 2.75) is 24.2 Å². The van der Waals surface area contributed by atoms with Crippen LogP contribution in [0.25, 0.3) is 5.57 Å². The van der Waals surface area contributed by atoms with Crippen molar-refractivity contribution < 1.29 is 29.0 Å². The maximum Gasteiger partial charge on any atom is 0.233 e. The Morgan fingerprint density at radius 2 is 1.55 bits per heavy atom. The third-order valence-electron chi connectivity index (χ3n) is 10.2. The lowest BCUT2D eigenvalue weighted by molar-refractivity contribution is -0.139. The Labute approximate surface area is 255 Å². The smallest absolute Gasteiger partial charge is 0.233 e. The number of ether oxygens (including phenoxy) is 1. The minimum absolute atomic E-state index is 0.117. The average molecular weight is 588 g/mol. The fourth-order valence-electron chi connectivity index (χ4n) is 8.33. The summed E-state index contributed by atoms with van der Waals surface area (Å²) in [4.78, 5) is 57.6. The van der Waals surface area contributed by atoms with Crippen molar-refractivity contribution in [3.63, 3.8) is 0 Å². The first-order valence-electron chi connectivity index (χ1n) is 15.1. The number of hydrogen-bond acceptors (Lipinski definition) is 6. The number of carbonyl (C=O) groups is 4. The SMILES string of the molecule is CN1C(=O)C2CC=C3C(CC4C(=O)C(c5ccccc5)=CC(=O)C4(c4ccccc4)C3c3ccc(OCCO)cc3)C2C1=O. The van der Waals surface area contributed by atoms with Gasteiger partial charge in [0, 0.05) is 24.5 Å². The van der Waals surface area contributed by atoms with E-state index in [4.69, 9.17) is 4.74 Å². The highest BCUT2D eigenvalue weighted by Crippen LogP contribution is 2.63. The highest BCUT2D eigenvalue weighted by molar-refractivity contribution is 6.31. The van der Waals surface area contributed by atoms with Gasteiger partial charge in [0.2, 0.25) is 11.8 Å². The topological polar surface area (TPSA) is 101 Å². The van der Waals surface area contributed by atoms with Gasteiger partial charge >= 0.3 is 0 Å². The highest BCUT2D eigenvalue weighted by Gasteiger charge is 2.65. The third kappa shape index (κ3) is 4.06. The molecule has 7 rings (SSSR count). The number of carbonyl (C=O) groups excluding carboxylic acids is 4. The molecular formula is C37H33NO6. The number of fused-ring (bicyclic) bond motifs is 4. The summed E-state index contributed by atoms with van der Waals surface area (Å²) in [6.45, 7) is 0.0347. The number of benzene rings is 3. The standard InChI is InChI=1S/C37H33NO6/c1-38-35(42)27-17-16-26-29(32(27)36(38)43)20-30-34(41)28(22-8-4-2-5-9-22)21-31(40)37(30,24-10-6-3-7-11-24)33(26)23-12-14-25(15-13-23)44-19-18-39/h2-16,21,27,29-30,32-33,39H,17-20H2,1H3. The Hall–Kier alpha value is -4.62. The number of likely N-dealkylation sites (tertiary alicyclic amines) is 1. The molecule has 3 aromatic rings. The maximum atomic E-state index is 14.9. The summed E-state index contributed by atoms with van der Waals surface area (Å²) >= 11 is 0. The van der Waals surface area contributed by atoms with Gasteiger partial charge in [-0.25, -0.2) is 0 Å². The largest absolute Gasteiger partial charge is 0.491 e. The first kappa shape index (κ1) is 28.2. The van der Waals surface area contributed by atoms with Crippen LogP contribution >= 0.6 is 0 Å². The van der Waals surface area contributed by atoms with Gasteiger partial charge in [-0.3, -0.25) is 24.1 Å². The van der Waals surface area contributed by atoms with E-state index < -0.39 is 29.1 Å². The Bertz CT molecular complexity index is 1710. The van der Waals surface area contributed by atoms with E-state index in [-0.39, 0.29) is 48.9 Å². The minimum atomic E-state index is -1.25. The van der Waals surface area contributed by atoms with Gasteiger partial charge in [0.05, 0.1) is 23.9 Å². The highest BCUT2D eigenvalue weighted by atomic mass is 16.5. The van der Waals surface area contributed by atoms with Crippen molar-refractivity contribution in [2.75, 3.05) is 20.3 Å². The molecular weight excluding hydrogens is 554 g/mol. The van der Waals surface area contributed by atoms with Crippen LogP contribution in [-0.4, -0.2) is 53.6 Å². The fraction of sp³-hybridized carbons (Fsp3) is 0.297. The van der Waals surface area contributed by atoms with Crippen LogP contribution < -0.4 is 4.74 Å². The van der Waals surface area contributed by atoms with Gasteiger partial charge < -0.3 is 9.84 Å². The second-order valence-electron chi connectivity index (χ2n) is 12.2. The van der Waals surface area contributed by atoms with Crippen molar-refractivity contribution >= 4 is 29.0 Å². The molecule has 6 atom stereocenters. The van der Waals surface area contributed by atoms with Crippen LogP contribution in [0.15, 0.2) is 103 Å². The van der Waals surface area contributed by atoms with Gasteiger partial charge in [-0.15, -0.1) is 0 Å². The van der Waals surface area contributed by atoms with Gasteiger partial charge in [-0.05, 0) is 53.7 Å². The predicted molar refractivity (Wildman–Crippen MR) is 163 cm³/mol. The molecule has 44 heavy (non-hydrogen) atoms. The molecule has 1 heterocycles. The molecule has 1 saturated heterocycles. The Balaban J connectivity index is 1.48. The van der Waals surface area contributed by atoms with Crippen molar-refractivity contribution in [1.82, 2.24) is 4.90 Å². The number of Topliss-reactive ketones (excluding diaryl/α,β-unsaturated/α-hetero) is 1. The van der Waals surface area contributed by atoms with Crippen molar-refractivity contribution in [3.05, 3.63) is 119 Å². The number of ketones is 2. The zero-order valence-corrected chi connectivity index (χ0v) is 24.4. The molecule has 1 aliphatic heterocycles. The van der Waals surface area contributed by atoms with E-state index in [1.165, 1.54) is 18.0 Å². The van der Waals surface area contributed by atoms with Crippen LogP contribution in [0.1, 0.15) is 35.4 Å². The second-order valence-corrected chi connectivity index (χ2v) is 12.2. The van der Waals surface area contributed by atoms with Gasteiger partial charge in [0.1, 0.15) is 12.4 Å². The summed E-state index contributed by atoms with van der Waals surface area (Å²) in [5, 5.41) is 9.23. The van der Waals surface area contributed by atoms with Gasteiger partial charge in [-0.1, -0.05) is 84.4 Å². The molecule has 1 saturated carbocycles. The Morgan fingerprint density at radius 3 is 2.23 bits per heavy atom. The van der Waals surface area contributed by atoms with Gasteiger partial charge in [-0.2, -0.15) is 0 Å². The lowest BCUT2D eigenvalue weighted by Crippen LogP contribution is -2.58. The molecule has 3 aliphatic carbocycles. The van der Waals surface area contributed by atoms with E-state index in [2.05, 4.69) is 6.08 Å². The predicted octanol–water partition coefficient (Wildman–Crippen LogP) is 4.51. The van der Waals surface area contributed by atoms with Crippen molar-refractivity contribution in [2.24, 2.45) is 23.7 Å². The maximum absolute atomic E-state index is 14.9. The molecule has 0 spiro atoms. The first-order chi connectivity index (χ1) is 21.4. The normalized spacial score (nSPS) is 29.4. The number of hydrogen-bond donors (Lipinski definition) is 1. The number of nitrogens with zero attached hydrogens (tertiary/aromatic N) is 1. The zero-order valence-electron chi connectivity index (χ0n) is 24.4. The number of aliphatic hydroxyl groups is 1. The minimum Gasteiger partial charge on any atom is -0.491 e. The van der Waals surface area contributed by atoms with Crippen LogP contribution in [0.4, 0.5) is 0 Å². The lowest BCUT2D eigenvalue weighted by Gasteiger charge is -2.55. The van der Waals surface area contributed by atoms with E-state index in [0.717, 1.165) is 16.7 Å². The van der Waals surface area contributed by atoms with E-state index in [1.54, 1.807) is 0 Å². The number of imide groups is 1. The monoisotopic (exact) mass is 587 g/mol. The van der Waals surface area contributed by atoms with Crippen LogP contribution in [0, 0.1) is 23.7 Å². The van der Waals surface area contributed by atoms with E-state index in [1.807, 2.05) is 84.9 Å². The van der Waals surface area contributed by atoms with Crippen molar-refractivity contribution in [3.8, 4) is 5.75 Å². The molecule has 0 radical (unpaired) electrons. The molecule has 4 aliphatic rings. The number of amides is 2. The Morgan fingerprint density at radius 1 is 0.864 bits per heavy atom. The fourth-order valence-corrected chi connectivity index (χ4v) is 8.33. The van der Waals surface area contributed by atoms with Gasteiger partial charge in [0.15, 0.2) is 11.6 Å². The van der Waals surface area contributed by atoms with Crippen LogP contribution in [-0.2, 0) is 24.6 Å². The van der Waals surface area contributed by atoms with Crippen molar-refractivity contribution in [1.29, 1.82) is 0 Å². The third-order valence-corrected chi connectivity index (χ3v) is 10.2. The molecule has 1 N–H and O–H groups in total. The summed E-state index contributed by atoms with van der Waals surface area (Å²) in [6.07, 6.45) is 4.28. The molecule has 2 amide bonds. The molecule has 7 heteroatoms. The lowest BCUT2D eigenvalue weighted by atomic mass is 9.44. The molecule has 2 fully saturated rings. The van der Waals surface area contributed by atoms with Gasteiger partial charge in [0.25, 0.3) is 0 Å². The second kappa shape index (κ2) is 10.8. The number of rotatable bonds is 6. The van der Waals surface area contributed by atoms with E-state index in [9.17, 15) is 24.3 Å². The summed E-state index contributed by atoms with van der Waals surface area (Å²) in [7, 11) is 1.54. The van der Waals surface area contributed by atoms with Crippen LogP contribution in [0.3, 0.4) is 0 Å². The molecule has 0 bridgehead atoms. The molecule has 7 nitrogen and oxygen atoms in total. The van der Waals surface area contributed by atoms with E-state index >= 15 is 0 Å². The average Bonchev–Trinajstić information content (AvgIpc) is 3.29. The van der Waals surface area contributed by atoms with E-state index in [0.29, 0.717) is 23.3 Å². The number of aliphatic hydroxyl groups excluding tert-OH is 1. The zero-order chi connectivity index (χ0) is 30.6. The first-order valence-corrected chi connectivity index (χ1v) is 15.1. The molecule has 0 aromatic heterocycles. The molecule has 6 unspecified atom stereocenters. The molecule has 3 aromatic carbocycles. The van der Waals surface area contributed by atoms with Crippen LogP contribution in [0.2, 0.25) is 0 Å². The molecule has 222 valence electrons. The summed E-state index contributed by atoms with van der Waals surface area (Å²) in [5.74, 6) is -2.85. The Kier molecular flexibility index (Phi) is 6.93.